The fraction of sp³-hybridized carbons (Fsp3) is 0.375. The van der Waals surface area contributed by atoms with Crippen LogP contribution in [0.1, 0.15) is 32.1 Å². The van der Waals surface area contributed by atoms with Crippen molar-refractivity contribution in [1.29, 1.82) is 0 Å². The van der Waals surface area contributed by atoms with Crippen LogP contribution in [0.2, 0.25) is 0 Å². The number of amides is 1. The molecule has 0 spiro atoms. The fourth-order valence-electron chi connectivity index (χ4n) is 3.27. The van der Waals surface area contributed by atoms with Crippen LogP contribution in [0.3, 0.4) is 0 Å². The van der Waals surface area contributed by atoms with Gasteiger partial charge in [0.2, 0.25) is 5.91 Å². The summed E-state index contributed by atoms with van der Waals surface area (Å²) in [7, 11) is 0. The predicted octanol–water partition coefficient (Wildman–Crippen LogP) is 2.95. The van der Waals surface area contributed by atoms with E-state index >= 15 is 0 Å². The average molecular weight is 271 g/mol. The van der Waals surface area contributed by atoms with E-state index in [-0.39, 0.29) is 5.91 Å². The molecule has 0 unspecified atom stereocenters. The number of para-hydroxylation sites is 1. The van der Waals surface area contributed by atoms with Crippen LogP contribution < -0.4 is 4.90 Å². The molecule has 104 valence electrons. The number of aliphatic carboxylic acids is 1. The Bertz CT molecular complexity index is 579. The number of hydrogen-bond donors (Lipinski definition) is 1. The molecule has 4 nitrogen and oxygen atoms in total. The van der Waals surface area contributed by atoms with Crippen molar-refractivity contribution in [3.63, 3.8) is 0 Å². The number of rotatable bonds is 2. The Morgan fingerprint density at radius 1 is 1.20 bits per heavy atom. The maximum absolute atomic E-state index is 12.3. The molecule has 0 saturated carbocycles. The third-order valence-corrected chi connectivity index (χ3v) is 4.32. The molecule has 1 atom stereocenters. The third kappa shape index (κ3) is 1.83. The van der Waals surface area contributed by atoms with Crippen LogP contribution in [0.15, 0.2) is 42.1 Å². The van der Waals surface area contributed by atoms with Crippen molar-refractivity contribution in [2.45, 2.75) is 32.1 Å². The zero-order valence-corrected chi connectivity index (χ0v) is 11.2. The molecule has 3 rings (SSSR count). The topological polar surface area (TPSA) is 57.6 Å². The number of benzene rings is 1. The van der Waals surface area contributed by atoms with E-state index in [0.717, 1.165) is 18.5 Å². The maximum Gasteiger partial charge on any atom is 0.315 e. The van der Waals surface area contributed by atoms with Gasteiger partial charge in [-0.15, -0.1) is 0 Å². The van der Waals surface area contributed by atoms with Crippen LogP contribution >= 0.6 is 0 Å². The molecule has 1 aromatic carbocycles. The lowest BCUT2D eigenvalue weighted by Crippen LogP contribution is -2.49. The molecule has 1 heterocycles. The van der Waals surface area contributed by atoms with Gasteiger partial charge in [0.25, 0.3) is 0 Å². The van der Waals surface area contributed by atoms with Crippen molar-refractivity contribution < 1.29 is 14.7 Å². The van der Waals surface area contributed by atoms with Gasteiger partial charge >= 0.3 is 5.97 Å². The molecule has 1 amide bonds. The minimum absolute atomic E-state index is 0.0128. The summed E-state index contributed by atoms with van der Waals surface area (Å²) in [5.74, 6) is -0.821. The standard InChI is InChI=1S/C16H17NO3/c18-14-9-11-16(15(19)20)10-5-4-8-13(16)17(14)12-6-2-1-3-7-12/h1-3,6-8H,4-5,9-11H2,(H,19,20)/t16-/m1/s1. The fourth-order valence-corrected chi connectivity index (χ4v) is 3.27. The van der Waals surface area contributed by atoms with Crippen LogP contribution in [0.4, 0.5) is 5.69 Å². The summed E-state index contributed by atoms with van der Waals surface area (Å²) in [4.78, 5) is 25.7. The number of hydrogen-bond acceptors (Lipinski definition) is 2. The Morgan fingerprint density at radius 3 is 2.65 bits per heavy atom. The first-order valence-electron chi connectivity index (χ1n) is 6.97. The van der Waals surface area contributed by atoms with Gasteiger partial charge in [-0.1, -0.05) is 24.3 Å². The zero-order chi connectivity index (χ0) is 14.2. The van der Waals surface area contributed by atoms with Gasteiger partial charge in [0, 0.05) is 17.8 Å². The van der Waals surface area contributed by atoms with Gasteiger partial charge in [0.15, 0.2) is 0 Å². The van der Waals surface area contributed by atoms with Crippen molar-refractivity contribution in [2.75, 3.05) is 4.90 Å². The number of carbonyl (C=O) groups is 2. The highest BCUT2D eigenvalue weighted by molar-refractivity contribution is 6.01. The van der Waals surface area contributed by atoms with Gasteiger partial charge < -0.3 is 5.11 Å². The van der Waals surface area contributed by atoms with Gasteiger partial charge in [-0.2, -0.15) is 0 Å². The average Bonchev–Trinajstić information content (AvgIpc) is 2.48. The number of anilines is 1. The molecule has 1 saturated heterocycles. The van der Waals surface area contributed by atoms with Crippen LogP contribution in [0, 0.1) is 5.41 Å². The largest absolute Gasteiger partial charge is 0.481 e. The Hall–Kier alpha value is -2.10. The highest BCUT2D eigenvalue weighted by Gasteiger charge is 2.50. The molecule has 20 heavy (non-hydrogen) atoms. The van der Waals surface area contributed by atoms with Gasteiger partial charge in [-0.05, 0) is 37.8 Å². The van der Waals surface area contributed by atoms with Gasteiger partial charge in [0.05, 0.1) is 0 Å². The lowest BCUT2D eigenvalue weighted by molar-refractivity contribution is -0.149. The number of nitrogens with zero attached hydrogens (tertiary/aromatic N) is 1. The Balaban J connectivity index is 2.11. The smallest absolute Gasteiger partial charge is 0.315 e. The van der Waals surface area contributed by atoms with E-state index in [2.05, 4.69) is 0 Å². The van der Waals surface area contributed by atoms with Crippen LogP contribution in [-0.4, -0.2) is 17.0 Å². The van der Waals surface area contributed by atoms with Crippen molar-refractivity contribution in [1.82, 2.24) is 0 Å². The summed E-state index contributed by atoms with van der Waals surface area (Å²) < 4.78 is 0. The molecule has 0 bridgehead atoms. The van der Waals surface area contributed by atoms with E-state index < -0.39 is 11.4 Å². The second-order valence-electron chi connectivity index (χ2n) is 5.43. The second kappa shape index (κ2) is 4.78. The molecule has 4 heteroatoms. The minimum atomic E-state index is -0.887. The first-order chi connectivity index (χ1) is 9.65. The molecule has 1 aliphatic heterocycles. The van der Waals surface area contributed by atoms with E-state index in [0.29, 0.717) is 25.0 Å². The number of piperidine rings is 1. The highest BCUT2D eigenvalue weighted by Crippen LogP contribution is 2.48. The molecule has 1 fully saturated rings. The lowest BCUT2D eigenvalue weighted by Gasteiger charge is -2.44. The molecule has 0 aromatic heterocycles. The van der Waals surface area contributed by atoms with Crippen molar-refractivity contribution >= 4 is 17.6 Å². The van der Waals surface area contributed by atoms with Crippen molar-refractivity contribution in [3.8, 4) is 0 Å². The Morgan fingerprint density at radius 2 is 1.95 bits per heavy atom. The van der Waals surface area contributed by atoms with Crippen molar-refractivity contribution in [3.05, 3.63) is 42.1 Å². The molecule has 2 aliphatic rings. The van der Waals surface area contributed by atoms with Crippen LogP contribution in [0.25, 0.3) is 0 Å². The van der Waals surface area contributed by atoms with E-state index in [1.807, 2.05) is 36.4 Å². The second-order valence-corrected chi connectivity index (χ2v) is 5.43. The summed E-state index contributed by atoms with van der Waals surface area (Å²) in [6.07, 6.45) is 4.95. The normalized spacial score (nSPS) is 25.9. The molecule has 1 N–H and O–H groups in total. The molecule has 1 aliphatic carbocycles. The SMILES string of the molecule is O=C1CC[C@]2(C(=O)O)CCCC=C2N1c1ccccc1. The first kappa shape index (κ1) is 12.9. The van der Waals surface area contributed by atoms with Gasteiger partial charge in [0.1, 0.15) is 5.41 Å². The third-order valence-electron chi connectivity index (χ3n) is 4.32. The Kier molecular flexibility index (Phi) is 3.08. The predicted molar refractivity (Wildman–Crippen MR) is 75.2 cm³/mol. The number of fused-ring (bicyclic) bond motifs is 1. The zero-order valence-electron chi connectivity index (χ0n) is 11.2. The summed E-state index contributed by atoms with van der Waals surface area (Å²) in [5.41, 5.74) is 0.539. The quantitative estimate of drug-likeness (QED) is 0.899. The van der Waals surface area contributed by atoms with E-state index in [1.54, 1.807) is 4.90 Å². The van der Waals surface area contributed by atoms with Crippen molar-refractivity contribution in [2.24, 2.45) is 5.41 Å². The number of allylic oxidation sites excluding steroid dienone is 1. The summed E-state index contributed by atoms with van der Waals surface area (Å²) in [6.45, 7) is 0. The lowest BCUT2D eigenvalue weighted by atomic mass is 9.70. The monoisotopic (exact) mass is 271 g/mol. The molecule has 1 aromatic rings. The summed E-state index contributed by atoms with van der Waals surface area (Å²) >= 11 is 0. The first-order valence-corrected chi connectivity index (χ1v) is 6.97. The molecular formula is C16H17NO3. The Labute approximate surface area is 117 Å². The van der Waals surface area contributed by atoms with Crippen LogP contribution in [-0.2, 0) is 9.59 Å². The van der Waals surface area contributed by atoms with Gasteiger partial charge in [-0.25, -0.2) is 0 Å². The number of carbonyl (C=O) groups excluding carboxylic acids is 1. The van der Waals surface area contributed by atoms with E-state index in [4.69, 9.17) is 0 Å². The van der Waals surface area contributed by atoms with E-state index in [1.165, 1.54) is 0 Å². The summed E-state index contributed by atoms with van der Waals surface area (Å²) in [5, 5.41) is 9.70. The highest BCUT2D eigenvalue weighted by atomic mass is 16.4. The van der Waals surface area contributed by atoms with Gasteiger partial charge in [-0.3, -0.25) is 14.5 Å². The molecular weight excluding hydrogens is 254 g/mol. The maximum atomic E-state index is 12.3. The van der Waals surface area contributed by atoms with Crippen LogP contribution in [0.5, 0.6) is 0 Å². The van der Waals surface area contributed by atoms with E-state index in [9.17, 15) is 14.7 Å². The summed E-state index contributed by atoms with van der Waals surface area (Å²) in [6, 6.07) is 9.32. The number of carboxylic acid groups (broad SMARTS) is 1. The minimum Gasteiger partial charge on any atom is -0.481 e. The number of carboxylic acids is 1. The molecule has 0 radical (unpaired) electrons.